The van der Waals surface area contributed by atoms with Crippen LogP contribution in [0, 0.1) is 0 Å². The zero-order valence-electron chi connectivity index (χ0n) is 22.4. The molecule has 2 fully saturated rings. The van der Waals surface area contributed by atoms with Crippen LogP contribution < -0.4 is 15.2 Å². The second kappa shape index (κ2) is 9.23. The lowest BCUT2D eigenvalue weighted by molar-refractivity contribution is -0.0504. The number of esters is 1. The number of carbonyl (C=O) groups is 2. The molecule has 2 saturated heterocycles. The van der Waals surface area contributed by atoms with Gasteiger partial charge in [-0.3, -0.25) is 4.79 Å². The highest BCUT2D eigenvalue weighted by Gasteiger charge is 2.69. The van der Waals surface area contributed by atoms with Crippen molar-refractivity contribution in [2.24, 2.45) is 5.73 Å². The first-order valence-corrected chi connectivity index (χ1v) is 12.4. The van der Waals surface area contributed by atoms with Crippen LogP contribution in [-0.2, 0) is 23.7 Å². The van der Waals surface area contributed by atoms with Gasteiger partial charge in [0.05, 0.1) is 25.9 Å². The van der Waals surface area contributed by atoms with E-state index in [0.717, 1.165) is 22.6 Å². The third-order valence-electron chi connectivity index (χ3n) is 7.79. The molecule has 4 aliphatic rings. The third kappa shape index (κ3) is 4.21. The maximum atomic E-state index is 11.6. The average Bonchev–Trinajstić information content (AvgIpc) is 3.80. The molecule has 6 rings (SSSR count). The first-order chi connectivity index (χ1) is 18.0. The van der Waals surface area contributed by atoms with E-state index in [9.17, 15) is 9.59 Å². The number of carbonyl (C=O) groups excluding carboxylic acids is 2. The summed E-state index contributed by atoms with van der Waals surface area (Å²) in [5.74, 6) is 0.663. The summed E-state index contributed by atoms with van der Waals surface area (Å²) in [5.41, 5.74) is 6.60. The molecule has 6 unspecified atom stereocenters. The maximum absolute atomic E-state index is 11.6. The number of hydrogen-bond donors (Lipinski definition) is 1. The van der Waals surface area contributed by atoms with E-state index in [1.807, 2.05) is 20.8 Å². The summed E-state index contributed by atoms with van der Waals surface area (Å²) in [6, 6.07) is 10.4. The predicted molar refractivity (Wildman–Crippen MR) is 134 cm³/mol. The van der Waals surface area contributed by atoms with Crippen LogP contribution in [-0.4, -0.2) is 69.3 Å². The van der Waals surface area contributed by atoms with Crippen LogP contribution in [0.2, 0.25) is 0 Å². The van der Waals surface area contributed by atoms with Gasteiger partial charge in [-0.2, -0.15) is 0 Å². The Morgan fingerprint density at radius 1 is 0.895 bits per heavy atom. The van der Waals surface area contributed by atoms with Gasteiger partial charge in [0.25, 0.3) is 0 Å². The van der Waals surface area contributed by atoms with E-state index in [4.69, 9.17) is 38.9 Å². The summed E-state index contributed by atoms with van der Waals surface area (Å²) in [6.07, 6.45) is -0.114. The number of epoxide rings is 2. The Balaban J connectivity index is 0.000000156. The summed E-state index contributed by atoms with van der Waals surface area (Å²) in [5, 5.41) is 0. The van der Waals surface area contributed by atoms with E-state index >= 15 is 0 Å². The summed E-state index contributed by atoms with van der Waals surface area (Å²) in [7, 11) is 4.65. The molecule has 1 amide bonds. The summed E-state index contributed by atoms with van der Waals surface area (Å²) >= 11 is 0. The largest absolute Gasteiger partial charge is 0.482 e. The number of fused-ring (bicyclic) bond motifs is 6. The highest BCUT2D eigenvalue weighted by atomic mass is 16.7. The Morgan fingerprint density at radius 2 is 1.53 bits per heavy atom. The molecule has 2 aromatic carbocycles. The lowest BCUT2D eigenvalue weighted by Gasteiger charge is -2.37. The molecule has 10 heteroatoms. The topological polar surface area (TPSA) is 131 Å². The van der Waals surface area contributed by atoms with Crippen molar-refractivity contribution in [2.45, 2.75) is 55.9 Å². The molecule has 4 heterocycles. The van der Waals surface area contributed by atoms with Crippen LogP contribution >= 0.6 is 0 Å². The first kappa shape index (κ1) is 26.4. The highest BCUT2D eigenvalue weighted by molar-refractivity contribution is 5.93. The third-order valence-corrected chi connectivity index (χ3v) is 7.79. The standard InChI is InChI=1S/C15H18O5.C13H15NO4/c1-14(8-17-3)15(2)12(20-15)10-7-9(13(16)18-4)5-6-11(10)19-14;1-13(6-16-2)11-10(17-11)8-5-7(12(14)15)3-4-9(8)18-13/h5-7,12H,8H2,1-4H3;3-5,10-11H,6H2,1-2H3,(H2,14,15). The molecule has 38 heavy (non-hydrogen) atoms. The number of ether oxygens (including phenoxy) is 7. The number of primary amides is 1. The fourth-order valence-electron chi connectivity index (χ4n) is 5.39. The van der Waals surface area contributed by atoms with E-state index in [0.29, 0.717) is 24.3 Å². The second-order valence-electron chi connectivity index (χ2n) is 10.6. The zero-order valence-corrected chi connectivity index (χ0v) is 22.4. The van der Waals surface area contributed by atoms with Crippen LogP contribution in [0.5, 0.6) is 11.5 Å². The Morgan fingerprint density at radius 3 is 2.16 bits per heavy atom. The molecule has 2 aromatic rings. The van der Waals surface area contributed by atoms with E-state index in [2.05, 4.69) is 0 Å². The minimum Gasteiger partial charge on any atom is -0.482 e. The molecule has 4 aliphatic heterocycles. The minimum atomic E-state index is -0.536. The number of methoxy groups -OCH3 is 3. The number of hydrogen-bond acceptors (Lipinski definition) is 9. The second-order valence-corrected chi connectivity index (χ2v) is 10.6. The van der Waals surface area contributed by atoms with E-state index in [1.54, 1.807) is 50.6 Å². The number of rotatable bonds is 6. The molecule has 0 saturated carbocycles. The first-order valence-electron chi connectivity index (χ1n) is 12.4. The van der Waals surface area contributed by atoms with Gasteiger partial charge in [-0.15, -0.1) is 0 Å². The van der Waals surface area contributed by atoms with Crippen molar-refractivity contribution in [2.75, 3.05) is 34.5 Å². The molecule has 0 bridgehead atoms. The molecule has 0 aromatic heterocycles. The SMILES string of the molecule is COCC1(C)Oc2ccc(C(=O)OC)cc2C2OC21C.COCC1(C)Oc2ccc(C(N)=O)cc2C2OC21. The van der Waals surface area contributed by atoms with E-state index < -0.39 is 22.7 Å². The van der Waals surface area contributed by atoms with Gasteiger partial charge in [-0.05, 0) is 57.2 Å². The van der Waals surface area contributed by atoms with Crippen molar-refractivity contribution < 1.29 is 42.7 Å². The monoisotopic (exact) mass is 527 g/mol. The molecule has 0 aliphatic carbocycles. The molecule has 204 valence electrons. The van der Waals surface area contributed by atoms with Crippen LogP contribution in [0.25, 0.3) is 0 Å². The van der Waals surface area contributed by atoms with Gasteiger partial charge in [0.2, 0.25) is 5.91 Å². The number of benzene rings is 2. The molecule has 0 radical (unpaired) electrons. The lowest BCUT2D eigenvalue weighted by Crippen LogP contribution is -2.52. The van der Waals surface area contributed by atoms with Gasteiger partial charge in [-0.25, -0.2) is 4.79 Å². The molecule has 0 spiro atoms. The molecule has 2 N–H and O–H groups in total. The zero-order chi connectivity index (χ0) is 27.5. The normalized spacial score (nSPS) is 32.9. The fraction of sp³-hybridized carbons (Fsp3) is 0.500. The van der Waals surface area contributed by atoms with Gasteiger partial charge in [0.1, 0.15) is 35.4 Å². The molecule has 6 atom stereocenters. The van der Waals surface area contributed by atoms with Crippen LogP contribution in [0.15, 0.2) is 36.4 Å². The van der Waals surface area contributed by atoms with Crippen molar-refractivity contribution in [3.05, 3.63) is 58.7 Å². The van der Waals surface area contributed by atoms with Crippen LogP contribution in [0.4, 0.5) is 0 Å². The van der Waals surface area contributed by atoms with Gasteiger partial charge in [-0.1, -0.05) is 0 Å². The Hall–Kier alpha value is -3.18. The van der Waals surface area contributed by atoms with Gasteiger partial charge in [0, 0.05) is 30.9 Å². The average molecular weight is 528 g/mol. The smallest absolute Gasteiger partial charge is 0.337 e. The molecular weight excluding hydrogens is 494 g/mol. The van der Waals surface area contributed by atoms with E-state index in [1.165, 1.54) is 7.11 Å². The number of amides is 1. The lowest BCUT2D eigenvalue weighted by atomic mass is 9.82. The van der Waals surface area contributed by atoms with Crippen molar-refractivity contribution in [3.63, 3.8) is 0 Å². The minimum absolute atomic E-state index is 0.0202. The number of nitrogens with two attached hydrogens (primary N) is 1. The maximum Gasteiger partial charge on any atom is 0.337 e. The fourth-order valence-corrected chi connectivity index (χ4v) is 5.39. The summed E-state index contributed by atoms with van der Waals surface area (Å²) in [6.45, 7) is 6.85. The summed E-state index contributed by atoms with van der Waals surface area (Å²) in [4.78, 5) is 22.8. The van der Waals surface area contributed by atoms with Gasteiger partial charge < -0.3 is 38.9 Å². The van der Waals surface area contributed by atoms with Crippen molar-refractivity contribution in [3.8, 4) is 11.5 Å². The van der Waals surface area contributed by atoms with Gasteiger partial charge in [0.15, 0.2) is 11.2 Å². The quantitative estimate of drug-likeness (QED) is 0.445. The summed E-state index contributed by atoms with van der Waals surface area (Å²) < 4.78 is 38.7. The Labute approximate surface area is 221 Å². The van der Waals surface area contributed by atoms with Crippen LogP contribution in [0.3, 0.4) is 0 Å². The molecular formula is C28H33NO9. The Kier molecular flexibility index (Phi) is 6.42. The van der Waals surface area contributed by atoms with Crippen LogP contribution in [0.1, 0.15) is 64.8 Å². The van der Waals surface area contributed by atoms with E-state index in [-0.39, 0.29) is 24.3 Å². The Bertz CT molecular complexity index is 1280. The predicted octanol–water partition coefficient (Wildman–Crippen LogP) is 3.12. The molecule has 10 nitrogen and oxygen atoms in total. The van der Waals surface area contributed by atoms with Gasteiger partial charge >= 0.3 is 5.97 Å². The van der Waals surface area contributed by atoms with Crippen molar-refractivity contribution in [1.29, 1.82) is 0 Å². The van der Waals surface area contributed by atoms with Crippen molar-refractivity contribution >= 4 is 11.9 Å². The highest BCUT2D eigenvalue weighted by Crippen LogP contribution is 2.62. The van der Waals surface area contributed by atoms with Crippen molar-refractivity contribution in [1.82, 2.24) is 0 Å².